The number of aryl methyl sites for hydroxylation is 4. The molecule has 3 heteroatoms. The van der Waals surface area contributed by atoms with Crippen LogP contribution in [0.25, 0.3) is 16.3 Å². The van der Waals surface area contributed by atoms with Crippen LogP contribution in [-0.2, 0) is 0 Å². The maximum absolute atomic E-state index is 5.28. The SMILES string of the molecule is [CH2]C(c1c(C)cccc1C)C(c1cc(-c2cccs2)n(-c2ccccc2)n1)c1c(C)cccc1C. The minimum Gasteiger partial charge on any atom is -0.232 e. The lowest BCUT2D eigenvalue weighted by Gasteiger charge is -2.28. The van der Waals surface area contributed by atoms with E-state index < -0.39 is 0 Å². The largest absolute Gasteiger partial charge is 0.232 e. The van der Waals surface area contributed by atoms with Crippen molar-refractivity contribution in [2.75, 3.05) is 0 Å². The van der Waals surface area contributed by atoms with Crippen LogP contribution in [-0.4, -0.2) is 9.78 Å². The Hall–Kier alpha value is -3.43. The highest BCUT2D eigenvalue weighted by Gasteiger charge is 2.31. The summed E-state index contributed by atoms with van der Waals surface area (Å²) in [5.41, 5.74) is 11.0. The van der Waals surface area contributed by atoms with Crippen LogP contribution >= 0.6 is 11.3 Å². The second-order valence-electron chi connectivity index (χ2n) is 9.37. The molecule has 2 unspecified atom stereocenters. The predicted molar refractivity (Wildman–Crippen MR) is 149 cm³/mol. The molecule has 1 radical (unpaired) electrons. The van der Waals surface area contributed by atoms with E-state index in [2.05, 4.69) is 117 Å². The maximum Gasteiger partial charge on any atom is 0.0843 e. The number of benzene rings is 3. The predicted octanol–water partition coefficient (Wildman–Crippen LogP) is 8.58. The molecule has 3 aromatic carbocycles. The number of thiophene rings is 1. The highest BCUT2D eigenvalue weighted by molar-refractivity contribution is 7.13. The van der Waals surface area contributed by atoms with Crippen molar-refractivity contribution >= 4 is 11.3 Å². The molecule has 2 aromatic heterocycles. The van der Waals surface area contributed by atoms with Crippen LogP contribution < -0.4 is 0 Å². The van der Waals surface area contributed by atoms with Gasteiger partial charge in [0.2, 0.25) is 0 Å². The molecule has 2 heterocycles. The smallest absolute Gasteiger partial charge is 0.0843 e. The molecular weight excluding hydrogens is 444 g/mol. The van der Waals surface area contributed by atoms with E-state index >= 15 is 0 Å². The van der Waals surface area contributed by atoms with Crippen molar-refractivity contribution in [1.29, 1.82) is 0 Å². The summed E-state index contributed by atoms with van der Waals surface area (Å²) in [6.45, 7) is 13.6. The van der Waals surface area contributed by atoms with Gasteiger partial charge in [0.1, 0.15) is 0 Å². The second kappa shape index (κ2) is 9.67. The van der Waals surface area contributed by atoms with Crippen molar-refractivity contribution in [3.63, 3.8) is 0 Å². The van der Waals surface area contributed by atoms with Crippen molar-refractivity contribution in [2.45, 2.75) is 39.5 Å². The molecule has 2 nitrogen and oxygen atoms in total. The number of nitrogens with zero attached hydrogens (tertiary/aromatic N) is 2. The van der Waals surface area contributed by atoms with Gasteiger partial charge in [-0.3, -0.25) is 0 Å². The van der Waals surface area contributed by atoms with E-state index in [1.807, 2.05) is 6.07 Å². The van der Waals surface area contributed by atoms with Crippen LogP contribution in [0.15, 0.2) is 90.3 Å². The molecule has 2 atom stereocenters. The fourth-order valence-electron chi connectivity index (χ4n) is 5.37. The molecule has 5 aromatic rings. The first kappa shape index (κ1) is 23.3. The molecule has 5 rings (SSSR count). The van der Waals surface area contributed by atoms with Crippen molar-refractivity contribution in [1.82, 2.24) is 9.78 Å². The first-order chi connectivity index (χ1) is 17.0. The Morgan fingerprint density at radius 3 is 1.89 bits per heavy atom. The first-order valence-corrected chi connectivity index (χ1v) is 13.0. The molecule has 175 valence electrons. The normalized spacial score (nSPS) is 13.1. The highest BCUT2D eigenvalue weighted by Crippen LogP contribution is 2.43. The van der Waals surface area contributed by atoms with Crippen LogP contribution in [0.1, 0.15) is 50.9 Å². The number of aromatic nitrogens is 2. The Morgan fingerprint density at radius 2 is 1.31 bits per heavy atom. The van der Waals surface area contributed by atoms with Gasteiger partial charge in [-0.1, -0.05) is 60.7 Å². The van der Waals surface area contributed by atoms with E-state index in [-0.39, 0.29) is 11.8 Å². The number of hydrogen-bond acceptors (Lipinski definition) is 2. The molecular formula is C32H31N2S. The Kier molecular flexibility index (Phi) is 6.44. The van der Waals surface area contributed by atoms with Crippen LogP contribution in [0.2, 0.25) is 0 Å². The fraction of sp³-hybridized carbons (Fsp3) is 0.188. The van der Waals surface area contributed by atoms with Gasteiger partial charge in [-0.2, -0.15) is 5.10 Å². The van der Waals surface area contributed by atoms with Crippen LogP contribution in [0.3, 0.4) is 0 Å². The Morgan fingerprint density at radius 1 is 0.714 bits per heavy atom. The molecule has 0 N–H and O–H groups in total. The zero-order valence-corrected chi connectivity index (χ0v) is 21.6. The molecule has 0 aliphatic carbocycles. The van der Waals surface area contributed by atoms with E-state index in [1.165, 1.54) is 38.3 Å². The third-order valence-electron chi connectivity index (χ3n) is 6.99. The van der Waals surface area contributed by atoms with Crippen molar-refractivity contribution in [3.05, 3.63) is 136 Å². The summed E-state index contributed by atoms with van der Waals surface area (Å²) in [6, 6.07) is 30.1. The lowest BCUT2D eigenvalue weighted by atomic mass is 9.75. The number of rotatable bonds is 6. The molecule has 0 bridgehead atoms. The monoisotopic (exact) mass is 475 g/mol. The molecule has 0 aliphatic rings. The summed E-state index contributed by atoms with van der Waals surface area (Å²) < 4.78 is 2.10. The molecule has 0 fully saturated rings. The van der Waals surface area contributed by atoms with Gasteiger partial charge >= 0.3 is 0 Å². The average Bonchev–Trinajstić information content (AvgIpc) is 3.52. The van der Waals surface area contributed by atoms with Crippen LogP contribution in [0, 0.1) is 34.6 Å². The average molecular weight is 476 g/mol. The van der Waals surface area contributed by atoms with Gasteiger partial charge in [-0.05, 0) is 104 Å². The zero-order chi connectivity index (χ0) is 24.5. The van der Waals surface area contributed by atoms with Gasteiger partial charge in [0.25, 0.3) is 0 Å². The van der Waals surface area contributed by atoms with Crippen molar-refractivity contribution in [3.8, 4) is 16.3 Å². The number of para-hydroxylation sites is 1. The quantitative estimate of drug-likeness (QED) is 0.240. The minimum absolute atomic E-state index is 0.0197. The Balaban J connectivity index is 1.77. The Bertz CT molecular complexity index is 1400. The third-order valence-corrected chi connectivity index (χ3v) is 7.88. The molecule has 0 amide bonds. The van der Waals surface area contributed by atoms with Gasteiger partial charge in [0.05, 0.1) is 22.0 Å². The van der Waals surface area contributed by atoms with Gasteiger partial charge in [-0.25, -0.2) is 4.68 Å². The van der Waals surface area contributed by atoms with Crippen LogP contribution in [0.5, 0.6) is 0 Å². The van der Waals surface area contributed by atoms with Gasteiger partial charge in [0, 0.05) is 5.92 Å². The summed E-state index contributed by atoms with van der Waals surface area (Å²) in [6.07, 6.45) is 0. The molecule has 0 saturated heterocycles. The van der Waals surface area contributed by atoms with Crippen LogP contribution in [0.4, 0.5) is 0 Å². The maximum atomic E-state index is 5.28. The summed E-state index contributed by atoms with van der Waals surface area (Å²) in [7, 11) is 0. The summed E-state index contributed by atoms with van der Waals surface area (Å²) >= 11 is 1.75. The minimum atomic E-state index is 0.0197. The van der Waals surface area contributed by atoms with Crippen molar-refractivity contribution < 1.29 is 0 Å². The van der Waals surface area contributed by atoms with Gasteiger partial charge in [-0.15, -0.1) is 11.3 Å². The van der Waals surface area contributed by atoms with Gasteiger partial charge in [0.15, 0.2) is 0 Å². The van der Waals surface area contributed by atoms with E-state index in [0.717, 1.165) is 17.1 Å². The summed E-state index contributed by atoms with van der Waals surface area (Å²) in [5, 5.41) is 7.41. The fourth-order valence-corrected chi connectivity index (χ4v) is 6.10. The van der Waals surface area contributed by atoms with E-state index in [4.69, 9.17) is 12.0 Å². The van der Waals surface area contributed by atoms with E-state index in [9.17, 15) is 0 Å². The lowest BCUT2D eigenvalue weighted by Crippen LogP contribution is -2.16. The molecule has 35 heavy (non-hydrogen) atoms. The summed E-state index contributed by atoms with van der Waals surface area (Å²) in [5.74, 6) is 0.0472. The lowest BCUT2D eigenvalue weighted by molar-refractivity contribution is 0.662. The Labute approximate surface area is 212 Å². The van der Waals surface area contributed by atoms with Crippen molar-refractivity contribution in [2.24, 2.45) is 0 Å². The second-order valence-corrected chi connectivity index (χ2v) is 10.3. The number of hydrogen-bond donors (Lipinski definition) is 0. The highest BCUT2D eigenvalue weighted by atomic mass is 32.1. The standard InChI is InChI=1S/C32H31N2S/c1-21-12-9-13-22(2)30(21)25(5)32(31-23(3)14-10-15-24(31)4)27-20-28(29-18-11-19-35-29)34(33-27)26-16-7-6-8-17-26/h6-20,25,32H,5H2,1-4H3. The zero-order valence-electron chi connectivity index (χ0n) is 20.8. The third kappa shape index (κ3) is 4.37. The summed E-state index contributed by atoms with van der Waals surface area (Å²) in [4.78, 5) is 1.21. The first-order valence-electron chi connectivity index (χ1n) is 12.1. The van der Waals surface area contributed by atoms with E-state index in [0.29, 0.717) is 0 Å². The molecule has 0 saturated carbocycles. The van der Waals surface area contributed by atoms with E-state index in [1.54, 1.807) is 11.3 Å². The topological polar surface area (TPSA) is 17.8 Å². The molecule has 0 aliphatic heterocycles. The molecule has 0 spiro atoms. The van der Waals surface area contributed by atoms with Gasteiger partial charge < -0.3 is 0 Å².